The summed E-state index contributed by atoms with van der Waals surface area (Å²) in [6.07, 6.45) is 2.87. The van der Waals surface area contributed by atoms with Crippen molar-refractivity contribution >= 4 is 21.4 Å². The Balaban J connectivity index is 2.37. The first-order chi connectivity index (χ1) is 9.95. The number of imidazole rings is 1. The Morgan fingerprint density at radius 3 is 2.76 bits per heavy atom. The third kappa shape index (κ3) is 3.17. The normalized spacial score (nSPS) is 11.3. The van der Waals surface area contributed by atoms with Gasteiger partial charge in [0.2, 0.25) is 10.0 Å². The molecule has 0 aliphatic heterocycles. The third-order valence-electron chi connectivity index (χ3n) is 2.75. The summed E-state index contributed by atoms with van der Waals surface area (Å²) in [5, 5.41) is 13.7. The van der Waals surface area contributed by atoms with Gasteiger partial charge in [0.15, 0.2) is 4.90 Å². The molecule has 0 spiro atoms. The van der Waals surface area contributed by atoms with Gasteiger partial charge in [0.1, 0.15) is 5.69 Å². The minimum atomic E-state index is -4.02. The van der Waals surface area contributed by atoms with Crippen LogP contribution in [0.1, 0.15) is 5.69 Å². The van der Waals surface area contributed by atoms with Crippen LogP contribution in [0.25, 0.3) is 0 Å². The first-order valence-electron chi connectivity index (χ1n) is 5.88. The van der Waals surface area contributed by atoms with Gasteiger partial charge in [-0.1, -0.05) is 6.07 Å². The number of para-hydroxylation sites is 1. The van der Waals surface area contributed by atoms with E-state index in [0.717, 1.165) is 0 Å². The summed E-state index contributed by atoms with van der Waals surface area (Å²) in [5.74, 6) is 0. The molecule has 0 amide bonds. The number of nitrogens with zero attached hydrogens (tertiary/aromatic N) is 2. The van der Waals surface area contributed by atoms with Gasteiger partial charge in [0, 0.05) is 18.9 Å². The number of anilines is 1. The lowest BCUT2D eigenvalue weighted by Gasteiger charge is -2.09. The lowest BCUT2D eigenvalue weighted by atomic mass is 10.3. The second kappa shape index (κ2) is 5.89. The van der Waals surface area contributed by atoms with Crippen molar-refractivity contribution in [2.45, 2.75) is 11.4 Å². The van der Waals surface area contributed by atoms with Crippen molar-refractivity contribution in [2.75, 3.05) is 12.4 Å². The van der Waals surface area contributed by atoms with E-state index in [-0.39, 0.29) is 17.1 Å². The highest BCUT2D eigenvalue weighted by molar-refractivity contribution is 7.89. The largest absolute Gasteiger partial charge is 0.383 e. The zero-order chi connectivity index (χ0) is 15.5. The number of nitro groups is 1. The number of nitro benzene ring substituents is 1. The fourth-order valence-corrected chi connectivity index (χ4v) is 2.96. The fourth-order valence-electron chi connectivity index (χ4n) is 1.76. The molecule has 0 saturated heterocycles. The van der Waals surface area contributed by atoms with Crippen molar-refractivity contribution in [3.63, 3.8) is 0 Å². The van der Waals surface area contributed by atoms with Gasteiger partial charge in [0.25, 0.3) is 0 Å². The van der Waals surface area contributed by atoms with Crippen LogP contribution >= 0.6 is 0 Å². The minimum Gasteiger partial charge on any atom is -0.383 e. The van der Waals surface area contributed by atoms with Crippen molar-refractivity contribution < 1.29 is 13.3 Å². The first-order valence-corrected chi connectivity index (χ1v) is 7.36. The topological polar surface area (TPSA) is 130 Å². The number of aromatic nitrogens is 2. The maximum absolute atomic E-state index is 12.2. The molecule has 2 rings (SSSR count). The average molecular weight is 311 g/mol. The number of nitrogens with one attached hydrogen (secondary N) is 3. The zero-order valence-corrected chi connectivity index (χ0v) is 11.8. The molecule has 1 aromatic carbocycles. The van der Waals surface area contributed by atoms with E-state index in [1.54, 1.807) is 0 Å². The predicted octanol–water partition coefficient (Wildman–Crippen LogP) is 0.838. The molecule has 10 heteroatoms. The summed E-state index contributed by atoms with van der Waals surface area (Å²) in [6, 6.07) is 4.06. The molecule has 0 fully saturated rings. The summed E-state index contributed by atoms with van der Waals surface area (Å²) in [6.45, 7) is -0.0384. The van der Waals surface area contributed by atoms with Crippen LogP contribution in [-0.4, -0.2) is 30.4 Å². The van der Waals surface area contributed by atoms with Crippen LogP contribution in [0.2, 0.25) is 0 Å². The second-order valence-corrected chi connectivity index (χ2v) is 5.80. The molecule has 21 heavy (non-hydrogen) atoms. The number of hydrogen-bond donors (Lipinski definition) is 3. The molecule has 0 radical (unpaired) electrons. The molecule has 2 aromatic rings. The Bertz CT molecular complexity index is 742. The molecule has 0 atom stereocenters. The van der Waals surface area contributed by atoms with E-state index in [0.29, 0.717) is 5.69 Å². The molecule has 1 heterocycles. The van der Waals surface area contributed by atoms with Crippen LogP contribution in [0.4, 0.5) is 11.4 Å². The lowest BCUT2D eigenvalue weighted by molar-refractivity contribution is -0.386. The molecule has 9 nitrogen and oxygen atoms in total. The van der Waals surface area contributed by atoms with Crippen LogP contribution in [0.3, 0.4) is 0 Å². The van der Waals surface area contributed by atoms with E-state index in [2.05, 4.69) is 20.0 Å². The Kier molecular flexibility index (Phi) is 4.19. The minimum absolute atomic E-state index is 0.0384. The first kappa shape index (κ1) is 14.9. The van der Waals surface area contributed by atoms with E-state index in [4.69, 9.17) is 0 Å². The number of sulfonamides is 1. The van der Waals surface area contributed by atoms with Gasteiger partial charge < -0.3 is 10.3 Å². The summed E-state index contributed by atoms with van der Waals surface area (Å²) >= 11 is 0. The van der Waals surface area contributed by atoms with Crippen LogP contribution in [0, 0.1) is 10.1 Å². The highest BCUT2D eigenvalue weighted by Crippen LogP contribution is 2.31. The average Bonchev–Trinajstić information content (AvgIpc) is 2.97. The van der Waals surface area contributed by atoms with E-state index in [1.165, 1.54) is 37.8 Å². The van der Waals surface area contributed by atoms with Crippen molar-refractivity contribution in [2.24, 2.45) is 0 Å². The number of hydrogen-bond acceptors (Lipinski definition) is 6. The monoisotopic (exact) mass is 311 g/mol. The van der Waals surface area contributed by atoms with Crippen LogP contribution in [-0.2, 0) is 16.6 Å². The van der Waals surface area contributed by atoms with E-state index in [1.807, 2.05) is 0 Å². The van der Waals surface area contributed by atoms with Crippen molar-refractivity contribution in [1.82, 2.24) is 14.7 Å². The number of benzene rings is 1. The lowest BCUT2D eigenvalue weighted by Crippen LogP contribution is -2.24. The standard InChI is InChI=1S/C11H13N5O4S/c1-12-9-3-2-4-10(11(9)16(17)18)21(19,20)15-6-8-5-13-7-14-8/h2-5,7,12,15H,6H2,1H3,(H,13,14). The van der Waals surface area contributed by atoms with Gasteiger partial charge in [-0.2, -0.15) is 0 Å². The molecule has 0 aliphatic carbocycles. The van der Waals surface area contributed by atoms with Crippen molar-refractivity contribution in [3.8, 4) is 0 Å². The predicted molar refractivity (Wildman–Crippen MR) is 75.3 cm³/mol. The fraction of sp³-hybridized carbons (Fsp3) is 0.182. The van der Waals surface area contributed by atoms with Gasteiger partial charge in [-0.15, -0.1) is 0 Å². The smallest absolute Gasteiger partial charge is 0.312 e. The molecule has 0 saturated carbocycles. The van der Waals surface area contributed by atoms with Gasteiger partial charge in [-0.05, 0) is 12.1 Å². The second-order valence-electron chi connectivity index (χ2n) is 4.06. The summed E-state index contributed by atoms with van der Waals surface area (Å²) in [4.78, 5) is 16.5. The Labute approximate surface area is 120 Å². The van der Waals surface area contributed by atoms with Crippen molar-refractivity contribution in [3.05, 3.63) is 46.5 Å². The quantitative estimate of drug-likeness (QED) is 0.535. The highest BCUT2D eigenvalue weighted by Gasteiger charge is 2.28. The summed E-state index contributed by atoms with van der Waals surface area (Å²) in [5.41, 5.74) is 0.188. The molecule has 1 aromatic heterocycles. The number of rotatable bonds is 6. The van der Waals surface area contributed by atoms with E-state index >= 15 is 0 Å². The maximum Gasteiger partial charge on any atom is 0.312 e. The third-order valence-corrected chi connectivity index (χ3v) is 4.18. The molecule has 0 unspecified atom stereocenters. The van der Waals surface area contributed by atoms with Gasteiger partial charge >= 0.3 is 5.69 Å². The van der Waals surface area contributed by atoms with Gasteiger partial charge in [-0.25, -0.2) is 18.1 Å². The summed E-state index contributed by atoms with van der Waals surface area (Å²) < 4.78 is 26.8. The van der Waals surface area contributed by atoms with Crippen LogP contribution in [0.5, 0.6) is 0 Å². The van der Waals surface area contributed by atoms with E-state index < -0.39 is 20.6 Å². The van der Waals surface area contributed by atoms with Crippen molar-refractivity contribution in [1.29, 1.82) is 0 Å². The Hall–Kier alpha value is -2.46. The molecule has 0 bridgehead atoms. The molecule has 112 valence electrons. The molecular formula is C11H13N5O4S. The summed E-state index contributed by atoms with van der Waals surface area (Å²) in [7, 11) is -2.54. The van der Waals surface area contributed by atoms with Crippen LogP contribution in [0.15, 0.2) is 35.6 Å². The molecule has 3 N–H and O–H groups in total. The van der Waals surface area contributed by atoms with E-state index in [9.17, 15) is 18.5 Å². The van der Waals surface area contributed by atoms with Gasteiger partial charge in [0.05, 0.1) is 17.8 Å². The SMILES string of the molecule is CNc1cccc(S(=O)(=O)NCc2cnc[nH]2)c1[N+](=O)[O-]. The number of H-pyrrole nitrogens is 1. The maximum atomic E-state index is 12.2. The number of aromatic amines is 1. The zero-order valence-electron chi connectivity index (χ0n) is 11.0. The Morgan fingerprint density at radius 2 is 2.19 bits per heavy atom. The molecule has 0 aliphatic rings. The highest BCUT2D eigenvalue weighted by atomic mass is 32.2. The van der Waals surface area contributed by atoms with Gasteiger partial charge in [-0.3, -0.25) is 10.1 Å². The Morgan fingerprint density at radius 1 is 1.43 bits per heavy atom. The van der Waals surface area contributed by atoms with Crippen LogP contribution < -0.4 is 10.0 Å². The molecular weight excluding hydrogens is 298 g/mol.